The van der Waals surface area contributed by atoms with Crippen molar-refractivity contribution < 1.29 is 17.9 Å². The van der Waals surface area contributed by atoms with Gasteiger partial charge in [0.25, 0.3) is 0 Å². The highest BCUT2D eigenvalue weighted by Gasteiger charge is 2.41. The lowest BCUT2D eigenvalue weighted by Crippen LogP contribution is -2.38. The largest absolute Gasteiger partial charge is 0.472 e. The standard InChI is InChI=1S/C35H42N8O4S/c1-7-27-20-42(48(45,46)30-10-9-15-38-33(30)47-27)19-25-16-24(12-11-22(25)3)31(35(5,6)34(44)39-26-17-36-21-37-18-26)28-13-14-29-32(23(28)4)40-41-43(29)8-2/h9-18,21,27,31,40-41H,7-8,19-20H2,1-6H3,(H,39,44)/t27-,31+/m1/s1. The van der Waals surface area contributed by atoms with Gasteiger partial charge in [-0.05, 0) is 73.2 Å². The lowest BCUT2D eigenvalue weighted by molar-refractivity contribution is -0.124. The number of rotatable bonds is 9. The van der Waals surface area contributed by atoms with E-state index < -0.39 is 21.4 Å². The second-order valence-corrected chi connectivity index (χ2v) is 14.7. The average molecular weight is 671 g/mol. The molecule has 2 aliphatic rings. The third-order valence-electron chi connectivity index (χ3n) is 9.39. The Balaban J connectivity index is 1.44. The van der Waals surface area contributed by atoms with E-state index in [1.807, 2.05) is 50.9 Å². The van der Waals surface area contributed by atoms with Crippen molar-refractivity contribution in [1.82, 2.24) is 24.8 Å². The van der Waals surface area contributed by atoms with Crippen molar-refractivity contribution in [3.63, 3.8) is 0 Å². The number of hydrogen-bond donors (Lipinski definition) is 3. The lowest BCUT2D eigenvalue weighted by Gasteiger charge is -2.36. The van der Waals surface area contributed by atoms with E-state index in [9.17, 15) is 13.2 Å². The lowest BCUT2D eigenvalue weighted by atomic mass is 9.69. The number of carbonyl (C=O) groups excluding carboxylic acids is 1. The van der Waals surface area contributed by atoms with Crippen LogP contribution >= 0.6 is 0 Å². The van der Waals surface area contributed by atoms with Crippen molar-refractivity contribution in [1.29, 1.82) is 0 Å². The van der Waals surface area contributed by atoms with Gasteiger partial charge in [0.2, 0.25) is 21.8 Å². The molecular weight excluding hydrogens is 629 g/mol. The molecule has 0 fully saturated rings. The number of aryl methyl sites for hydroxylation is 1. The fourth-order valence-corrected chi connectivity index (χ4v) is 8.05. The van der Waals surface area contributed by atoms with Crippen molar-refractivity contribution in [3.05, 3.63) is 95.2 Å². The number of amides is 1. The number of nitrogens with zero attached hydrogens (tertiary/aromatic N) is 5. The molecule has 12 nitrogen and oxygen atoms in total. The van der Waals surface area contributed by atoms with E-state index in [0.717, 1.165) is 45.7 Å². The highest BCUT2D eigenvalue weighted by molar-refractivity contribution is 7.89. The fourth-order valence-electron chi connectivity index (χ4n) is 6.53. The number of aromatic nitrogens is 3. The van der Waals surface area contributed by atoms with Gasteiger partial charge in [-0.3, -0.25) is 9.80 Å². The van der Waals surface area contributed by atoms with Gasteiger partial charge in [0.15, 0.2) is 0 Å². The number of anilines is 3. The van der Waals surface area contributed by atoms with Crippen LogP contribution in [0, 0.1) is 19.3 Å². The van der Waals surface area contributed by atoms with Gasteiger partial charge < -0.3 is 15.5 Å². The number of hydrogen-bond acceptors (Lipinski definition) is 10. The highest BCUT2D eigenvalue weighted by Crippen LogP contribution is 2.47. The van der Waals surface area contributed by atoms with Crippen LogP contribution in [0.4, 0.5) is 17.1 Å². The Labute approximate surface area is 282 Å². The van der Waals surface area contributed by atoms with Crippen LogP contribution in [0.1, 0.15) is 67.9 Å². The molecule has 0 radical (unpaired) electrons. The van der Waals surface area contributed by atoms with E-state index in [0.29, 0.717) is 12.1 Å². The first-order valence-electron chi connectivity index (χ1n) is 16.2. The van der Waals surface area contributed by atoms with E-state index in [1.165, 1.54) is 10.6 Å². The maximum absolute atomic E-state index is 14.1. The third-order valence-corrected chi connectivity index (χ3v) is 11.2. The Morgan fingerprint density at radius 2 is 1.90 bits per heavy atom. The molecule has 48 heavy (non-hydrogen) atoms. The van der Waals surface area contributed by atoms with E-state index in [1.54, 1.807) is 30.7 Å². The van der Waals surface area contributed by atoms with Gasteiger partial charge >= 0.3 is 0 Å². The maximum Gasteiger partial charge on any atom is 0.248 e. The van der Waals surface area contributed by atoms with Crippen LogP contribution in [0.25, 0.3) is 0 Å². The minimum absolute atomic E-state index is 0.0614. The second-order valence-electron chi connectivity index (χ2n) is 12.8. The topological polar surface area (TPSA) is 142 Å². The molecule has 0 unspecified atom stereocenters. The van der Waals surface area contributed by atoms with Crippen molar-refractivity contribution in [2.45, 2.75) is 71.4 Å². The molecule has 4 aromatic rings. The molecule has 3 N–H and O–H groups in total. The summed E-state index contributed by atoms with van der Waals surface area (Å²) in [5.74, 6) is -0.486. The van der Waals surface area contributed by atoms with E-state index in [4.69, 9.17) is 4.74 Å². The molecule has 1 amide bonds. The van der Waals surface area contributed by atoms with Gasteiger partial charge in [-0.2, -0.15) is 4.31 Å². The predicted molar refractivity (Wildman–Crippen MR) is 185 cm³/mol. The number of ether oxygens (including phenoxy) is 1. The molecule has 6 rings (SSSR count). The summed E-state index contributed by atoms with van der Waals surface area (Å²) in [4.78, 5) is 26.5. The fraction of sp³-hybridized carbons (Fsp3) is 0.371. The van der Waals surface area contributed by atoms with Gasteiger partial charge in [0, 0.05) is 25.2 Å². The summed E-state index contributed by atoms with van der Waals surface area (Å²) in [7, 11) is -3.91. The highest BCUT2D eigenvalue weighted by atomic mass is 32.2. The van der Waals surface area contributed by atoms with Crippen LogP contribution in [0.3, 0.4) is 0 Å². The zero-order valence-electron chi connectivity index (χ0n) is 28.1. The number of nitrogens with one attached hydrogen (secondary N) is 3. The van der Waals surface area contributed by atoms with Gasteiger partial charge in [0.05, 0.1) is 41.4 Å². The minimum atomic E-state index is -3.91. The number of pyridine rings is 1. The van der Waals surface area contributed by atoms with Crippen molar-refractivity contribution >= 4 is 33.0 Å². The summed E-state index contributed by atoms with van der Waals surface area (Å²) in [6.07, 6.45) is 6.36. The second kappa shape index (κ2) is 13.1. The van der Waals surface area contributed by atoms with Gasteiger partial charge in [-0.1, -0.05) is 45.0 Å². The molecule has 13 heteroatoms. The van der Waals surface area contributed by atoms with E-state index >= 15 is 0 Å². The van der Waals surface area contributed by atoms with Crippen LogP contribution < -0.4 is 26.0 Å². The van der Waals surface area contributed by atoms with Crippen molar-refractivity contribution in [2.75, 3.05) is 28.8 Å². The summed E-state index contributed by atoms with van der Waals surface area (Å²) in [5, 5.41) is 5.04. The van der Waals surface area contributed by atoms with Gasteiger partial charge in [-0.25, -0.2) is 23.4 Å². The Morgan fingerprint density at radius 1 is 1.12 bits per heavy atom. The summed E-state index contributed by atoms with van der Waals surface area (Å²) in [6, 6.07) is 13.4. The SMILES string of the molecule is CC[C@@H]1CN(Cc2cc([C@@H](c3ccc4c(c3C)NNN4CC)C(C)(C)C(=O)Nc3cncnc3)ccc2C)S(=O)(=O)c2cccnc2O1. The third kappa shape index (κ3) is 6.09. The molecule has 4 heterocycles. The molecule has 2 aliphatic heterocycles. The summed E-state index contributed by atoms with van der Waals surface area (Å²) < 4.78 is 35.5. The molecule has 252 valence electrons. The monoisotopic (exact) mass is 670 g/mol. The van der Waals surface area contributed by atoms with Crippen molar-refractivity contribution in [3.8, 4) is 5.88 Å². The molecule has 2 atom stereocenters. The number of carbonyl (C=O) groups is 1. The van der Waals surface area contributed by atoms with Crippen LogP contribution in [0.2, 0.25) is 0 Å². The quantitative estimate of drug-likeness (QED) is 0.214. The maximum atomic E-state index is 14.1. The van der Waals surface area contributed by atoms with Gasteiger partial charge in [0.1, 0.15) is 17.3 Å². The zero-order valence-corrected chi connectivity index (χ0v) is 28.9. The Hall–Kier alpha value is -4.59. The first-order chi connectivity index (χ1) is 22.9. The molecule has 0 saturated heterocycles. The molecule has 2 aromatic carbocycles. The molecule has 2 aromatic heterocycles. The van der Waals surface area contributed by atoms with Gasteiger partial charge in [-0.15, -0.1) is 5.53 Å². The summed E-state index contributed by atoms with van der Waals surface area (Å²) in [6.45, 7) is 13.0. The van der Waals surface area contributed by atoms with E-state index in [-0.39, 0.29) is 35.9 Å². The smallest absolute Gasteiger partial charge is 0.248 e. The number of sulfonamides is 1. The Kier molecular flexibility index (Phi) is 9.12. The molecule has 0 saturated carbocycles. The van der Waals surface area contributed by atoms with Crippen LogP contribution in [-0.2, 0) is 21.4 Å². The first-order valence-corrected chi connectivity index (χ1v) is 17.6. The molecular formula is C35H42N8O4S. The predicted octanol–water partition coefficient (Wildman–Crippen LogP) is 5.32. The van der Waals surface area contributed by atoms with Crippen LogP contribution in [-0.4, -0.2) is 52.8 Å². The van der Waals surface area contributed by atoms with Crippen molar-refractivity contribution in [2.24, 2.45) is 5.41 Å². The zero-order chi connectivity index (χ0) is 34.2. The average Bonchev–Trinajstić information content (AvgIpc) is 3.46. The molecule has 0 aliphatic carbocycles. The minimum Gasteiger partial charge on any atom is -0.472 e. The first kappa shape index (κ1) is 33.3. The normalized spacial score (nSPS) is 17.8. The number of fused-ring (bicyclic) bond motifs is 2. The Morgan fingerprint density at radius 3 is 2.62 bits per heavy atom. The number of benzene rings is 2. The summed E-state index contributed by atoms with van der Waals surface area (Å²) in [5.41, 5.74) is 12.7. The van der Waals surface area contributed by atoms with Crippen LogP contribution in [0.5, 0.6) is 5.88 Å². The Bertz CT molecular complexity index is 1940. The van der Waals surface area contributed by atoms with Crippen LogP contribution in [0.15, 0.2) is 72.3 Å². The summed E-state index contributed by atoms with van der Waals surface area (Å²) >= 11 is 0. The number of hydrazine groups is 2. The molecule has 0 bridgehead atoms. The van der Waals surface area contributed by atoms with E-state index in [2.05, 4.69) is 57.2 Å². The molecule has 0 spiro atoms.